The second kappa shape index (κ2) is 7.48. The van der Waals surface area contributed by atoms with Crippen LogP contribution >= 0.6 is 0 Å². The van der Waals surface area contributed by atoms with Crippen molar-refractivity contribution in [3.8, 4) is 17.2 Å². The molecule has 106 valence electrons. The largest absolute Gasteiger partial charge is 0.493 e. The Labute approximate surface area is 111 Å². The van der Waals surface area contributed by atoms with Crippen molar-refractivity contribution in [1.29, 1.82) is 0 Å². The van der Waals surface area contributed by atoms with Gasteiger partial charge in [-0.15, -0.1) is 0 Å². The first-order chi connectivity index (χ1) is 9.13. The van der Waals surface area contributed by atoms with Crippen LogP contribution in [0.15, 0.2) is 12.1 Å². The lowest BCUT2D eigenvalue weighted by atomic mass is 10.2. The van der Waals surface area contributed by atoms with Gasteiger partial charge in [0, 0.05) is 6.61 Å². The molecule has 0 saturated heterocycles. The standard InChI is InChI=1S/C13H18O6/c1-17-10-7-9(13(15)16)8-11(18-2)12(10)19-6-4-3-5-14/h7-8,14H,3-6H2,1-2H3,(H,15,16). The highest BCUT2D eigenvalue weighted by Crippen LogP contribution is 2.38. The number of ether oxygens (including phenoxy) is 3. The van der Waals surface area contributed by atoms with E-state index in [1.165, 1.54) is 26.4 Å². The first-order valence-corrected chi connectivity index (χ1v) is 5.87. The second-order valence-corrected chi connectivity index (χ2v) is 3.79. The highest BCUT2D eigenvalue weighted by atomic mass is 16.5. The van der Waals surface area contributed by atoms with Gasteiger partial charge in [0.15, 0.2) is 11.5 Å². The van der Waals surface area contributed by atoms with Crippen LogP contribution in [0.2, 0.25) is 0 Å². The zero-order chi connectivity index (χ0) is 14.3. The fourth-order valence-corrected chi connectivity index (χ4v) is 1.53. The van der Waals surface area contributed by atoms with Crippen LogP contribution in [-0.4, -0.2) is 43.6 Å². The van der Waals surface area contributed by atoms with Crippen molar-refractivity contribution in [2.45, 2.75) is 12.8 Å². The number of carboxylic acid groups (broad SMARTS) is 1. The SMILES string of the molecule is COc1cc(C(=O)O)cc(OC)c1OCCCCO. The number of unbranched alkanes of at least 4 members (excludes halogenated alkanes) is 1. The van der Waals surface area contributed by atoms with Gasteiger partial charge in [0.1, 0.15) is 0 Å². The molecule has 0 aromatic heterocycles. The van der Waals surface area contributed by atoms with Gasteiger partial charge in [-0.25, -0.2) is 4.79 Å². The summed E-state index contributed by atoms with van der Waals surface area (Å²) in [6.07, 6.45) is 1.32. The third kappa shape index (κ3) is 4.03. The number of methoxy groups -OCH3 is 2. The molecule has 0 aliphatic carbocycles. The smallest absolute Gasteiger partial charge is 0.335 e. The van der Waals surface area contributed by atoms with Gasteiger partial charge >= 0.3 is 5.97 Å². The van der Waals surface area contributed by atoms with Gasteiger partial charge in [0.05, 0.1) is 26.4 Å². The van der Waals surface area contributed by atoms with Gasteiger partial charge < -0.3 is 24.4 Å². The van der Waals surface area contributed by atoms with Gasteiger partial charge in [-0.3, -0.25) is 0 Å². The van der Waals surface area contributed by atoms with Crippen molar-refractivity contribution in [2.75, 3.05) is 27.4 Å². The van der Waals surface area contributed by atoms with Crippen LogP contribution in [0, 0.1) is 0 Å². The van der Waals surface area contributed by atoms with E-state index in [2.05, 4.69) is 0 Å². The molecule has 19 heavy (non-hydrogen) atoms. The number of hydrogen-bond donors (Lipinski definition) is 2. The third-order valence-electron chi connectivity index (χ3n) is 2.51. The summed E-state index contributed by atoms with van der Waals surface area (Å²) in [4.78, 5) is 11.0. The van der Waals surface area contributed by atoms with E-state index in [0.717, 1.165) is 0 Å². The average Bonchev–Trinajstić information content (AvgIpc) is 2.42. The molecular weight excluding hydrogens is 252 g/mol. The molecule has 0 radical (unpaired) electrons. The summed E-state index contributed by atoms with van der Waals surface area (Å²) in [6.45, 7) is 0.495. The molecular formula is C13H18O6. The Morgan fingerprint density at radius 2 is 1.74 bits per heavy atom. The number of aromatic carboxylic acids is 1. The summed E-state index contributed by atoms with van der Waals surface area (Å²) in [5, 5.41) is 17.7. The number of aliphatic hydroxyl groups is 1. The molecule has 0 bridgehead atoms. The van der Waals surface area contributed by atoms with E-state index in [1.54, 1.807) is 0 Å². The number of carboxylic acids is 1. The van der Waals surface area contributed by atoms with E-state index < -0.39 is 5.97 Å². The molecule has 2 N–H and O–H groups in total. The van der Waals surface area contributed by atoms with Gasteiger partial charge in [-0.1, -0.05) is 0 Å². The van der Waals surface area contributed by atoms with E-state index in [1.807, 2.05) is 0 Å². The minimum atomic E-state index is -1.07. The summed E-state index contributed by atoms with van der Waals surface area (Å²) in [5.41, 5.74) is 0.0661. The van der Waals surface area contributed by atoms with Crippen molar-refractivity contribution in [3.05, 3.63) is 17.7 Å². The lowest BCUT2D eigenvalue weighted by molar-refractivity contribution is 0.0696. The maximum Gasteiger partial charge on any atom is 0.335 e. The highest BCUT2D eigenvalue weighted by Gasteiger charge is 2.17. The Morgan fingerprint density at radius 3 is 2.16 bits per heavy atom. The van der Waals surface area contributed by atoms with Crippen molar-refractivity contribution in [1.82, 2.24) is 0 Å². The normalized spacial score (nSPS) is 10.1. The summed E-state index contributed by atoms with van der Waals surface area (Å²) >= 11 is 0. The molecule has 0 amide bonds. The van der Waals surface area contributed by atoms with Crippen LogP contribution in [0.1, 0.15) is 23.2 Å². The zero-order valence-electron chi connectivity index (χ0n) is 11.0. The van der Waals surface area contributed by atoms with Crippen molar-refractivity contribution >= 4 is 5.97 Å². The predicted molar refractivity (Wildman–Crippen MR) is 68.3 cm³/mol. The minimum absolute atomic E-state index is 0.0661. The van der Waals surface area contributed by atoms with E-state index >= 15 is 0 Å². The van der Waals surface area contributed by atoms with Gasteiger partial charge in [0.2, 0.25) is 5.75 Å². The molecule has 0 atom stereocenters. The quantitative estimate of drug-likeness (QED) is 0.697. The lowest BCUT2D eigenvalue weighted by Crippen LogP contribution is -2.05. The Morgan fingerprint density at radius 1 is 1.16 bits per heavy atom. The van der Waals surface area contributed by atoms with Crippen LogP contribution in [0.25, 0.3) is 0 Å². The minimum Gasteiger partial charge on any atom is -0.493 e. The van der Waals surface area contributed by atoms with E-state index in [4.69, 9.17) is 24.4 Å². The van der Waals surface area contributed by atoms with E-state index in [0.29, 0.717) is 36.7 Å². The Hall–Kier alpha value is -1.95. The van der Waals surface area contributed by atoms with E-state index in [9.17, 15) is 4.79 Å². The van der Waals surface area contributed by atoms with Crippen LogP contribution < -0.4 is 14.2 Å². The molecule has 0 fully saturated rings. The molecule has 6 nitrogen and oxygen atoms in total. The van der Waals surface area contributed by atoms with E-state index in [-0.39, 0.29) is 12.2 Å². The fraction of sp³-hybridized carbons (Fsp3) is 0.462. The van der Waals surface area contributed by atoms with Crippen molar-refractivity contribution in [2.24, 2.45) is 0 Å². The molecule has 6 heteroatoms. The van der Waals surface area contributed by atoms with Crippen molar-refractivity contribution in [3.63, 3.8) is 0 Å². The Kier molecular flexibility index (Phi) is 5.95. The third-order valence-corrected chi connectivity index (χ3v) is 2.51. The van der Waals surface area contributed by atoms with Crippen LogP contribution in [-0.2, 0) is 0 Å². The molecule has 0 aliphatic heterocycles. The second-order valence-electron chi connectivity index (χ2n) is 3.79. The molecule has 1 aromatic carbocycles. The van der Waals surface area contributed by atoms with Crippen LogP contribution in [0.3, 0.4) is 0 Å². The number of hydrogen-bond acceptors (Lipinski definition) is 5. The number of benzene rings is 1. The first kappa shape index (κ1) is 15.1. The number of aliphatic hydroxyl groups excluding tert-OH is 1. The fourth-order valence-electron chi connectivity index (χ4n) is 1.53. The number of carbonyl (C=O) groups is 1. The maximum absolute atomic E-state index is 11.0. The Balaban J connectivity index is 2.96. The monoisotopic (exact) mass is 270 g/mol. The maximum atomic E-state index is 11.0. The predicted octanol–water partition coefficient (Wildman–Crippen LogP) is 1.55. The lowest BCUT2D eigenvalue weighted by Gasteiger charge is -2.15. The topological polar surface area (TPSA) is 85.2 Å². The molecule has 1 rings (SSSR count). The molecule has 1 aromatic rings. The number of rotatable bonds is 8. The summed E-state index contributed by atoms with van der Waals surface area (Å²) in [7, 11) is 2.86. The van der Waals surface area contributed by atoms with Crippen LogP contribution in [0.4, 0.5) is 0 Å². The summed E-state index contributed by atoms with van der Waals surface area (Å²) in [5.74, 6) is -0.0853. The average molecular weight is 270 g/mol. The van der Waals surface area contributed by atoms with Crippen LogP contribution in [0.5, 0.6) is 17.2 Å². The Bertz CT molecular complexity index is 404. The molecule has 0 heterocycles. The molecule has 0 spiro atoms. The zero-order valence-corrected chi connectivity index (χ0v) is 11.0. The van der Waals surface area contributed by atoms with Gasteiger partial charge in [0.25, 0.3) is 0 Å². The summed E-state index contributed by atoms with van der Waals surface area (Å²) < 4.78 is 15.8. The molecule has 0 unspecified atom stereocenters. The highest BCUT2D eigenvalue weighted by molar-refractivity contribution is 5.89. The van der Waals surface area contributed by atoms with Gasteiger partial charge in [-0.05, 0) is 25.0 Å². The first-order valence-electron chi connectivity index (χ1n) is 5.87. The molecule has 0 aliphatic rings. The van der Waals surface area contributed by atoms with Crippen molar-refractivity contribution < 1.29 is 29.2 Å². The summed E-state index contributed by atoms with van der Waals surface area (Å²) in [6, 6.07) is 2.76. The van der Waals surface area contributed by atoms with Gasteiger partial charge in [-0.2, -0.15) is 0 Å². The molecule has 0 saturated carbocycles.